The average Bonchev–Trinajstić information content (AvgIpc) is 2.46. The number of rotatable bonds is 4. The van der Waals surface area contributed by atoms with Crippen LogP contribution in [0.2, 0.25) is 10.0 Å². The van der Waals surface area contributed by atoms with Gasteiger partial charge in [-0.2, -0.15) is 0 Å². The molecule has 1 atom stereocenters. The number of hydrogen-bond acceptors (Lipinski definition) is 1. The summed E-state index contributed by atoms with van der Waals surface area (Å²) in [6.45, 7) is 2.11. The quantitative estimate of drug-likeness (QED) is 0.629. The molecule has 0 heterocycles. The van der Waals surface area contributed by atoms with Gasteiger partial charge in [-0.25, -0.2) is 0 Å². The number of benzene rings is 2. The third-order valence-corrected chi connectivity index (χ3v) is 4.51. The number of halogens is 3. The first-order valence-electron chi connectivity index (χ1n) is 6.37. The van der Waals surface area contributed by atoms with E-state index in [0.29, 0.717) is 10.9 Å². The Bertz CT molecular complexity index is 598. The van der Waals surface area contributed by atoms with Crippen LogP contribution in [0.5, 0.6) is 0 Å². The van der Waals surface area contributed by atoms with Crippen LogP contribution in [-0.4, -0.2) is 7.05 Å². The highest BCUT2D eigenvalue weighted by atomic mass is 35.5. The molecule has 106 valence electrons. The highest BCUT2D eigenvalue weighted by molar-refractivity contribution is 6.33. The van der Waals surface area contributed by atoms with Crippen molar-refractivity contribution in [3.05, 3.63) is 63.6 Å². The summed E-state index contributed by atoms with van der Waals surface area (Å²) in [5.41, 5.74) is 3.05. The number of hydrogen-bond donors (Lipinski definition) is 0. The molecule has 0 aliphatic carbocycles. The van der Waals surface area contributed by atoms with Gasteiger partial charge in [0.2, 0.25) is 0 Å². The van der Waals surface area contributed by atoms with Crippen molar-refractivity contribution >= 4 is 40.5 Å². The summed E-state index contributed by atoms with van der Waals surface area (Å²) < 4.78 is 0. The van der Waals surface area contributed by atoms with E-state index in [2.05, 4.69) is 11.8 Å². The highest BCUT2D eigenvalue weighted by Crippen LogP contribution is 2.34. The van der Waals surface area contributed by atoms with E-state index in [1.54, 1.807) is 0 Å². The highest BCUT2D eigenvalue weighted by Gasteiger charge is 2.18. The van der Waals surface area contributed by atoms with Crippen molar-refractivity contribution in [3.63, 3.8) is 0 Å². The fourth-order valence-corrected chi connectivity index (χ4v) is 3.12. The maximum Gasteiger partial charge on any atom is 0.0525 e. The first kappa shape index (κ1) is 15.5. The first-order chi connectivity index (χ1) is 9.56. The molecule has 4 heteroatoms. The van der Waals surface area contributed by atoms with Gasteiger partial charge in [0.25, 0.3) is 0 Å². The SMILES string of the molecule is CC(c1ccccc1Cl)N(C)c1cccc(Cl)c1CCl. The Kier molecular flexibility index (Phi) is 5.20. The molecule has 2 rings (SSSR count). The van der Waals surface area contributed by atoms with E-state index in [1.165, 1.54) is 0 Å². The van der Waals surface area contributed by atoms with E-state index < -0.39 is 0 Å². The molecular formula is C16H16Cl3N. The second kappa shape index (κ2) is 6.71. The summed E-state index contributed by atoms with van der Waals surface area (Å²) in [7, 11) is 2.02. The molecule has 0 bridgehead atoms. The van der Waals surface area contributed by atoms with Gasteiger partial charge >= 0.3 is 0 Å². The molecule has 2 aromatic carbocycles. The van der Waals surface area contributed by atoms with E-state index in [-0.39, 0.29) is 6.04 Å². The van der Waals surface area contributed by atoms with Crippen LogP contribution in [0.1, 0.15) is 24.1 Å². The lowest BCUT2D eigenvalue weighted by molar-refractivity contribution is 0.737. The summed E-state index contributed by atoms with van der Waals surface area (Å²) >= 11 is 18.5. The maximum atomic E-state index is 6.28. The van der Waals surface area contributed by atoms with Crippen LogP contribution < -0.4 is 4.90 Å². The van der Waals surface area contributed by atoms with Crippen molar-refractivity contribution in [1.82, 2.24) is 0 Å². The Hall–Kier alpha value is -0.890. The fourth-order valence-electron chi connectivity index (χ4n) is 2.24. The molecule has 2 aromatic rings. The van der Waals surface area contributed by atoms with Crippen LogP contribution in [0.4, 0.5) is 5.69 Å². The molecule has 0 spiro atoms. The lowest BCUT2D eigenvalue weighted by Gasteiger charge is -2.30. The Morgan fingerprint density at radius 1 is 1.00 bits per heavy atom. The molecule has 0 saturated carbocycles. The molecule has 0 fully saturated rings. The minimum absolute atomic E-state index is 0.129. The van der Waals surface area contributed by atoms with E-state index in [4.69, 9.17) is 34.8 Å². The number of alkyl halides is 1. The van der Waals surface area contributed by atoms with Gasteiger partial charge in [-0.05, 0) is 30.7 Å². The van der Waals surface area contributed by atoms with E-state index in [9.17, 15) is 0 Å². The van der Waals surface area contributed by atoms with Gasteiger partial charge in [0.05, 0.1) is 11.9 Å². The average molecular weight is 329 g/mol. The third kappa shape index (κ3) is 3.06. The minimum atomic E-state index is 0.129. The van der Waals surface area contributed by atoms with E-state index >= 15 is 0 Å². The van der Waals surface area contributed by atoms with Gasteiger partial charge in [0.15, 0.2) is 0 Å². The Balaban J connectivity index is 2.39. The summed E-state index contributed by atoms with van der Waals surface area (Å²) in [4.78, 5) is 2.14. The van der Waals surface area contributed by atoms with Gasteiger partial charge in [0.1, 0.15) is 0 Å². The molecule has 0 aliphatic heterocycles. The smallest absolute Gasteiger partial charge is 0.0525 e. The van der Waals surface area contributed by atoms with Gasteiger partial charge in [0, 0.05) is 28.3 Å². The summed E-state index contributed by atoms with van der Waals surface area (Å²) in [5, 5.41) is 1.46. The Morgan fingerprint density at radius 2 is 1.65 bits per heavy atom. The van der Waals surface area contributed by atoms with Gasteiger partial charge in [-0.3, -0.25) is 0 Å². The zero-order valence-corrected chi connectivity index (χ0v) is 13.7. The predicted octanol–water partition coefficient (Wildman–Crippen LogP) is 5.93. The van der Waals surface area contributed by atoms with Crippen molar-refractivity contribution in [2.45, 2.75) is 18.8 Å². The molecule has 0 aromatic heterocycles. The second-order valence-corrected chi connectivity index (χ2v) is 5.76. The molecule has 1 nitrogen and oxygen atoms in total. The lowest BCUT2D eigenvalue weighted by Crippen LogP contribution is -2.23. The molecule has 0 aliphatic rings. The van der Waals surface area contributed by atoms with Crippen LogP contribution in [0.15, 0.2) is 42.5 Å². The summed E-state index contributed by atoms with van der Waals surface area (Å²) in [6, 6.07) is 13.8. The molecule has 0 N–H and O–H groups in total. The van der Waals surface area contributed by atoms with Gasteiger partial charge < -0.3 is 4.90 Å². The lowest BCUT2D eigenvalue weighted by atomic mass is 10.1. The standard InChI is InChI=1S/C16H16Cl3N/c1-11(12-6-3-4-7-14(12)18)20(2)16-9-5-8-15(19)13(16)10-17/h3-9,11H,10H2,1-2H3. The molecule has 0 amide bonds. The normalized spacial score (nSPS) is 12.2. The monoisotopic (exact) mass is 327 g/mol. The number of nitrogens with zero attached hydrogens (tertiary/aromatic N) is 1. The number of anilines is 1. The second-order valence-electron chi connectivity index (χ2n) is 4.68. The van der Waals surface area contributed by atoms with Crippen molar-refractivity contribution < 1.29 is 0 Å². The van der Waals surface area contributed by atoms with Gasteiger partial charge in [-0.15, -0.1) is 11.6 Å². The fraction of sp³-hybridized carbons (Fsp3) is 0.250. The van der Waals surface area contributed by atoms with E-state index in [1.807, 2.05) is 49.5 Å². The zero-order chi connectivity index (χ0) is 14.7. The van der Waals surface area contributed by atoms with Crippen LogP contribution >= 0.6 is 34.8 Å². The summed E-state index contributed by atoms with van der Waals surface area (Å²) in [6.07, 6.45) is 0. The molecule has 0 saturated heterocycles. The van der Waals surface area contributed by atoms with Crippen molar-refractivity contribution in [2.24, 2.45) is 0 Å². The Labute approximate surface area is 135 Å². The van der Waals surface area contributed by atoms with E-state index in [0.717, 1.165) is 21.8 Å². The predicted molar refractivity (Wildman–Crippen MR) is 89.3 cm³/mol. The third-order valence-electron chi connectivity index (χ3n) is 3.54. The Morgan fingerprint density at radius 3 is 2.30 bits per heavy atom. The molecule has 0 radical (unpaired) electrons. The largest absolute Gasteiger partial charge is 0.367 e. The van der Waals surface area contributed by atoms with Crippen molar-refractivity contribution in [3.8, 4) is 0 Å². The van der Waals surface area contributed by atoms with Crippen LogP contribution in [-0.2, 0) is 5.88 Å². The first-order valence-corrected chi connectivity index (χ1v) is 7.66. The van der Waals surface area contributed by atoms with Crippen molar-refractivity contribution in [1.29, 1.82) is 0 Å². The van der Waals surface area contributed by atoms with Crippen LogP contribution in [0.3, 0.4) is 0 Å². The minimum Gasteiger partial charge on any atom is -0.367 e. The molecular weight excluding hydrogens is 313 g/mol. The van der Waals surface area contributed by atoms with Crippen molar-refractivity contribution in [2.75, 3.05) is 11.9 Å². The summed E-state index contributed by atoms with van der Waals surface area (Å²) in [5.74, 6) is 0.384. The molecule has 20 heavy (non-hydrogen) atoms. The van der Waals surface area contributed by atoms with Crippen LogP contribution in [0.25, 0.3) is 0 Å². The molecule has 1 unspecified atom stereocenters. The van der Waals surface area contributed by atoms with Gasteiger partial charge in [-0.1, -0.05) is 47.5 Å². The maximum absolute atomic E-state index is 6.28. The zero-order valence-electron chi connectivity index (χ0n) is 11.4. The van der Waals surface area contributed by atoms with Crippen LogP contribution in [0, 0.1) is 0 Å². The topological polar surface area (TPSA) is 3.24 Å².